The highest BCUT2D eigenvalue weighted by atomic mass is 35.5. The molecule has 2 saturated carbocycles. The smallest absolute Gasteiger partial charge is 0.303 e. The van der Waals surface area contributed by atoms with Gasteiger partial charge in [0.2, 0.25) is 0 Å². The number of rotatable bonds is 9. The molecule has 2 aliphatic carbocycles. The molecule has 2 N–H and O–H groups in total. The van der Waals surface area contributed by atoms with Crippen molar-refractivity contribution in [3.05, 3.63) is 68.1 Å². The summed E-state index contributed by atoms with van der Waals surface area (Å²) in [4.78, 5) is 26.6. The van der Waals surface area contributed by atoms with Crippen LogP contribution in [0.15, 0.2) is 35.1 Å². The van der Waals surface area contributed by atoms with Crippen molar-refractivity contribution in [2.75, 3.05) is 0 Å². The summed E-state index contributed by atoms with van der Waals surface area (Å²) in [5.41, 5.74) is 4.07. The number of carboxylic acids is 1. The molecular weight excluding hydrogens is 398 g/mol. The highest BCUT2D eigenvalue weighted by Gasteiger charge is 2.28. The highest BCUT2D eigenvalue weighted by molar-refractivity contribution is 6.31. The van der Waals surface area contributed by atoms with Gasteiger partial charge in [-0.2, -0.15) is 0 Å². The quantitative estimate of drug-likeness (QED) is 0.513. The standard InChI is InChI=1S/C25H30ClNO3/c26-22-15-19(11-10-18(22)6-3-7-24(28)29)21(14-16-4-1-2-5-16)23-13-12-20(17-8-9-17)25(30)27-23/h10-13,15-17,21H,1-9,14H2,(H,27,30)(H,28,29). The van der Waals surface area contributed by atoms with Crippen molar-refractivity contribution in [1.29, 1.82) is 0 Å². The van der Waals surface area contributed by atoms with Gasteiger partial charge in [-0.1, -0.05) is 55.5 Å². The molecule has 0 saturated heterocycles. The van der Waals surface area contributed by atoms with Crippen LogP contribution in [0.3, 0.4) is 0 Å². The molecule has 0 radical (unpaired) electrons. The maximum atomic E-state index is 12.7. The molecule has 30 heavy (non-hydrogen) atoms. The summed E-state index contributed by atoms with van der Waals surface area (Å²) in [6, 6.07) is 10.3. The minimum atomic E-state index is -0.780. The van der Waals surface area contributed by atoms with E-state index in [1.165, 1.54) is 25.7 Å². The Kier molecular flexibility index (Phi) is 6.62. The van der Waals surface area contributed by atoms with Crippen molar-refractivity contribution >= 4 is 17.6 Å². The molecule has 0 aliphatic heterocycles. The van der Waals surface area contributed by atoms with Crippen molar-refractivity contribution in [2.45, 2.75) is 76.0 Å². The molecule has 160 valence electrons. The number of benzene rings is 1. The molecule has 4 rings (SSSR count). The van der Waals surface area contributed by atoms with Gasteiger partial charge in [0.05, 0.1) is 0 Å². The Morgan fingerprint density at radius 2 is 1.90 bits per heavy atom. The van der Waals surface area contributed by atoms with Gasteiger partial charge >= 0.3 is 5.97 Å². The summed E-state index contributed by atoms with van der Waals surface area (Å²) in [5.74, 6) is 0.462. The summed E-state index contributed by atoms with van der Waals surface area (Å²) < 4.78 is 0. The number of pyridine rings is 1. The van der Waals surface area contributed by atoms with Crippen LogP contribution < -0.4 is 5.56 Å². The van der Waals surface area contributed by atoms with Crippen molar-refractivity contribution in [2.24, 2.45) is 5.92 Å². The lowest BCUT2D eigenvalue weighted by Gasteiger charge is -2.22. The first-order valence-electron chi connectivity index (χ1n) is 11.2. The topological polar surface area (TPSA) is 70.2 Å². The number of aromatic amines is 1. The lowest BCUT2D eigenvalue weighted by Crippen LogP contribution is -2.17. The van der Waals surface area contributed by atoms with Crippen LogP contribution in [0.1, 0.15) is 92.0 Å². The van der Waals surface area contributed by atoms with E-state index in [0.717, 1.165) is 41.6 Å². The SMILES string of the molecule is O=C(O)CCCc1ccc(C(CC2CCCC2)c2ccc(C3CC3)c(=O)[nH]2)cc1Cl. The van der Waals surface area contributed by atoms with E-state index in [1.54, 1.807) is 0 Å². The third kappa shape index (κ3) is 5.15. The van der Waals surface area contributed by atoms with E-state index >= 15 is 0 Å². The van der Waals surface area contributed by atoms with Crippen LogP contribution in [0.4, 0.5) is 0 Å². The monoisotopic (exact) mass is 427 g/mol. The number of carbonyl (C=O) groups is 1. The number of hydrogen-bond acceptors (Lipinski definition) is 2. The first kappa shape index (κ1) is 21.2. The fourth-order valence-electron chi connectivity index (χ4n) is 4.85. The van der Waals surface area contributed by atoms with Crippen LogP contribution >= 0.6 is 11.6 Å². The van der Waals surface area contributed by atoms with Gasteiger partial charge in [0.15, 0.2) is 0 Å². The average Bonchev–Trinajstić information content (AvgIpc) is 3.42. The van der Waals surface area contributed by atoms with Gasteiger partial charge in [-0.3, -0.25) is 9.59 Å². The van der Waals surface area contributed by atoms with Crippen LogP contribution in [0, 0.1) is 5.92 Å². The molecule has 2 aromatic rings. The maximum Gasteiger partial charge on any atom is 0.303 e. The van der Waals surface area contributed by atoms with E-state index < -0.39 is 5.97 Å². The zero-order valence-corrected chi connectivity index (χ0v) is 18.1. The van der Waals surface area contributed by atoms with E-state index in [4.69, 9.17) is 16.7 Å². The number of nitrogens with one attached hydrogen (secondary N) is 1. The summed E-state index contributed by atoms with van der Waals surface area (Å²) >= 11 is 6.58. The second-order valence-corrected chi connectivity index (χ2v) is 9.42. The van der Waals surface area contributed by atoms with Gasteiger partial charge in [-0.05, 0) is 67.2 Å². The van der Waals surface area contributed by atoms with Crippen LogP contribution in [0.25, 0.3) is 0 Å². The van der Waals surface area contributed by atoms with Gasteiger partial charge in [0.25, 0.3) is 5.56 Å². The number of carboxylic acid groups (broad SMARTS) is 1. The molecule has 0 amide bonds. The zero-order chi connectivity index (χ0) is 21.1. The predicted octanol–water partition coefficient (Wildman–Crippen LogP) is 6.03. The number of aliphatic carboxylic acids is 1. The minimum Gasteiger partial charge on any atom is -0.481 e. The largest absolute Gasteiger partial charge is 0.481 e. The van der Waals surface area contributed by atoms with Crippen LogP contribution in [-0.4, -0.2) is 16.1 Å². The molecular formula is C25H30ClNO3. The first-order valence-corrected chi connectivity index (χ1v) is 11.6. The van der Waals surface area contributed by atoms with Crippen molar-refractivity contribution in [1.82, 2.24) is 4.98 Å². The van der Waals surface area contributed by atoms with E-state index in [2.05, 4.69) is 17.1 Å². The summed E-state index contributed by atoms with van der Waals surface area (Å²) in [6.07, 6.45) is 9.73. The number of aryl methyl sites for hydroxylation is 1. The van der Waals surface area contributed by atoms with E-state index in [9.17, 15) is 9.59 Å². The molecule has 2 aliphatic rings. The van der Waals surface area contributed by atoms with Gasteiger partial charge < -0.3 is 10.1 Å². The molecule has 4 nitrogen and oxygen atoms in total. The van der Waals surface area contributed by atoms with Crippen molar-refractivity contribution in [3.63, 3.8) is 0 Å². The molecule has 1 unspecified atom stereocenters. The summed E-state index contributed by atoms with van der Waals surface area (Å²) in [6.45, 7) is 0. The molecule has 2 fully saturated rings. The first-order chi connectivity index (χ1) is 14.5. The minimum absolute atomic E-state index is 0.0582. The molecule has 1 aromatic heterocycles. The van der Waals surface area contributed by atoms with E-state index in [1.807, 2.05) is 18.2 Å². The second kappa shape index (κ2) is 9.38. The normalized spacial score (nSPS) is 17.9. The molecule has 0 bridgehead atoms. The van der Waals surface area contributed by atoms with Gasteiger partial charge in [0, 0.05) is 28.6 Å². The van der Waals surface area contributed by atoms with Crippen molar-refractivity contribution < 1.29 is 9.90 Å². The second-order valence-electron chi connectivity index (χ2n) is 9.01. The lowest BCUT2D eigenvalue weighted by molar-refractivity contribution is -0.137. The molecule has 1 aromatic carbocycles. The van der Waals surface area contributed by atoms with Crippen LogP contribution in [-0.2, 0) is 11.2 Å². The van der Waals surface area contributed by atoms with Crippen LogP contribution in [0.2, 0.25) is 5.02 Å². The Labute approximate surface area is 182 Å². The number of aromatic nitrogens is 1. The van der Waals surface area contributed by atoms with Crippen molar-refractivity contribution in [3.8, 4) is 0 Å². The third-order valence-electron chi connectivity index (χ3n) is 6.72. The number of hydrogen-bond donors (Lipinski definition) is 2. The highest BCUT2D eigenvalue weighted by Crippen LogP contribution is 2.40. The molecule has 1 atom stereocenters. The van der Waals surface area contributed by atoms with E-state index in [-0.39, 0.29) is 17.9 Å². The Bertz CT molecular complexity index is 957. The Hall–Kier alpha value is -2.07. The summed E-state index contributed by atoms with van der Waals surface area (Å²) in [5, 5.41) is 9.54. The molecule has 1 heterocycles. The fourth-order valence-corrected chi connectivity index (χ4v) is 5.14. The van der Waals surface area contributed by atoms with Gasteiger partial charge in [-0.15, -0.1) is 0 Å². The van der Waals surface area contributed by atoms with Crippen LogP contribution in [0.5, 0.6) is 0 Å². The number of H-pyrrole nitrogens is 1. The Morgan fingerprint density at radius 1 is 1.13 bits per heavy atom. The zero-order valence-electron chi connectivity index (χ0n) is 17.3. The Morgan fingerprint density at radius 3 is 2.53 bits per heavy atom. The maximum absolute atomic E-state index is 12.7. The average molecular weight is 428 g/mol. The number of halogens is 1. The van der Waals surface area contributed by atoms with Gasteiger partial charge in [0.1, 0.15) is 0 Å². The Balaban J connectivity index is 1.59. The predicted molar refractivity (Wildman–Crippen MR) is 119 cm³/mol. The van der Waals surface area contributed by atoms with Gasteiger partial charge in [-0.25, -0.2) is 0 Å². The lowest BCUT2D eigenvalue weighted by atomic mass is 9.84. The third-order valence-corrected chi connectivity index (χ3v) is 7.07. The molecule has 0 spiro atoms. The summed E-state index contributed by atoms with van der Waals surface area (Å²) in [7, 11) is 0. The fraction of sp³-hybridized carbons (Fsp3) is 0.520. The molecule has 5 heteroatoms. The van der Waals surface area contributed by atoms with E-state index in [0.29, 0.717) is 29.7 Å².